The lowest BCUT2D eigenvalue weighted by molar-refractivity contribution is -0.131. The van der Waals surface area contributed by atoms with E-state index in [0.717, 1.165) is 5.56 Å². The van der Waals surface area contributed by atoms with Gasteiger partial charge < -0.3 is 10.6 Å². The van der Waals surface area contributed by atoms with Gasteiger partial charge >= 0.3 is 0 Å². The van der Waals surface area contributed by atoms with Crippen LogP contribution in [-0.4, -0.2) is 50.2 Å². The van der Waals surface area contributed by atoms with E-state index in [2.05, 4.69) is 10.6 Å². The normalized spacial score (nSPS) is 18.0. The number of hydrogen-bond acceptors (Lipinski definition) is 4. The Morgan fingerprint density at radius 3 is 2.50 bits per heavy atom. The van der Waals surface area contributed by atoms with Gasteiger partial charge in [-0.15, -0.1) is 0 Å². The molecule has 0 radical (unpaired) electrons. The summed E-state index contributed by atoms with van der Waals surface area (Å²) < 4.78 is 27.1. The summed E-state index contributed by atoms with van der Waals surface area (Å²) in [5.74, 6) is -1.08. The van der Waals surface area contributed by atoms with Gasteiger partial charge in [-0.1, -0.05) is 41.9 Å². The van der Waals surface area contributed by atoms with Crippen LogP contribution in [0, 0.1) is 5.92 Å². The van der Waals surface area contributed by atoms with Crippen molar-refractivity contribution in [1.29, 1.82) is 0 Å². The summed E-state index contributed by atoms with van der Waals surface area (Å²) in [7, 11) is -3.65. The molecular weight excluding hydrogens is 450 g/mol. The van der Waals surface area contributed by atoms with Crippen LogP contribution in [-0.2, 0) is 26.0 Å². The molecule has 32 heavy (non-hydrogen) atoms. The van der Waals surface area contributed by atoms with Crippen molar-refractivity contribution < 1.29 is 18.0 Å². The quantitative estimate of drug-likeness (QED) is 0.611. The molecule has 0 spiro atoms. The van der Waals surface area contributed by atoms with E-state index < -0.39 is 22.0 Å². The van der Waals surface area contributed by atoms with Gasteiger partial charge in [0.05, 0.1) is 10.8 Å². The molecule has 2 atom stereocenters. The van der Waals surface area contributed by atoms with E-state index in [9.17, 15) is 18.0 Å². The highest BCUT2D eigenvalue weighted by Crippen LogP contribution is 2.24. The Kier molecular flexibility index (Phi) is 8.28. The maximum atomic E-state index is 12.9. The number of benzene rings is 2. The van der Waals surface area contributed by atoms with Gasteiger partial charge in [0, 0.05) is 24.7 Å². The third-order valence-electron chi connectivity index (χ3n) is 5.51. The standard InChI is InChI=1S/C23H28ClN3O4S/c1-17(22(28)25-14-13-18-9-11-20(24)12-10-18)26-23(29)19-6-5-15-27(16-19)32(30,31)21-7-3-2-4-8-21/h2-4,7-12,17,19H,5-6,13-16H2,1H3,(H,25,28)(H,26,29). The topological polar surface area (TPSA) is 95.6 Å². The fourth-order valence-electron chi connectivity index (χ4n) is 3.65. The monoisotopic (exact) mass is 477 g/mol. The zero-order valence-electron chi connectivity index (χ0n) is 18.0. The number of halogens is 1. The van der Waals surface area contributed by atoms with Crippen molar-refractivity contribution in [3.63, 3.8) is 0 Å². The smallest absolute Gasteiger partial charge is 0.243 e. The van der Waals surface area contributed by atoms with Gasteiger partial charge in [0.2, 0.25) is 21.8 Å². The van der Waals surface area contributed by atoms with Gasteiger partial charge in [0.25, 0.3) is 0 Å². The lowest BCUT2D eigenvalue weighted by Gasteiger charge is -2.31. The minimum absolute atomic E-state index is 0.105. The number of amides is 2. The van der Waals surface area contributed by atoms with E-state index in [1.54, 1.807) is 49.4 Å². The molecule has 1 fully saturated rings. The second-order valence-electron chi connectivity index (χ2n) is 7.91. The lowest BCUT2D eigenvalue weighted by atomic mass is 9.98. The number of rotatable bonds is 8. The molecule has 1 saturated heterocycles. The fourth-order valence-corrected chi connectivity index (χ4v) is 5.32. The molecule has 3 rings (SSSR count). The van der Waals surface area contributed by atoms with Gasteiger partial charge in [0.1, 0.15) is 6.04 Å². The van der Waals surface area contributed by atoms with Crippen LogP contribution in [0.2, 0.25) is 5.02 Å². The molecule has 0 bridgehead atoms. The molecule has 0 aromatic heterocycles. The largest absolute Gasteiger partial charge is 0.354 e. The second-order valence-corrected chi connectivity index (χ2v) is 10.3. The highest BCUT2D eigenvalue weighted by molar-refractivity contribution is 7.89. The van der Waals surface area contributed by atoms with Crippen LogP contribution in [0.4, 0.5) is 0 Å². The average Bonchev–Trinajstić information content (AvgIpc) is 2.81. The minimum Gasteiger partial charge on any atom is -0.354 e. The Balaban J connectivity index is 1.49. The number of carbonyl (C=O) groups is 2. The van der Waals surface area contributed by atoms with Crippen molar-refractivity contribution in [1.82, 2.24) is 14.9 Å². The molecule has 7 nitrogen and oxygen atoms in total. The van der Waals surface area contributed by atoms with Gasteiger partial charge in [-0.3, -0.25) is 9.59 Å². The predicted octanol–water partition coefficient (Wildman–Crippen LogP) is 2.60. The molecule has 2 aromatic rings. The van der Waals surface area contributed by atoms with Gasteiger partial charge in [-0.2, -0.15) is 4.31 Å². The number of nitrogens with one attached hydrogen (secondary N) is 2. The molecule has 1 heterocycles. The van der Waals surface area contributed by atoms with Crippen molar-refractivity contribution >= 4 is 33.4 Å². The van der Waals surface area contributed by atoms with Gasteiger partial charge in [-0.05, 0) is 56.0 Å². The molecule has 2 amide bonds. The van der Waals surface area contributed by atoms with Crippen molar-refractivity contribution in [2.75, 3.05) is 19.6 Å². The van der Waals surface area contributed by atoms with E-state index in [4.69, 9.17) is 11.6 Å². The molecule has 2 unspecified atom stereocenters. The molecule has 1 aliphatic rings. The van der Waals surface area contributed by atoms with Crippen LogP contribution in [0.15, 0.2) is 59.5 Å². The number of carbonyl (C=O) groups excluding carboxylic acids is 2. The molecule has 1 aliphatic heterocycles. The highest BCUT2D eigenvalue weighted by Gasteiger charge is 2.34. The predicted molar refractivity (Wildman–Crippen MR) is 124 cm³/mol. The summed E-state index contributed by atoms with van der Waals surface area (Å²) >= 11 is 5.87. The Bertz CT molecular complexity index is 1030. The molecule has 172 valence electrons. The molecule has 2 N–H and O–H groups in total. The van der Waals surface area contributed by atoms with Crippen LogP contribution in [0.3, 0.4) is 0 Å². The first kappa shape index (κ1) is 24.2. The summed E-state index contributed by atoms with van der Waals surface area (Å²) in [4.78, 5) is 25.3. The summed E-state index contributed by atoms with van der Waals surface area (Å²) in [6.45, 7) is 2.54. The first-order chi connectivity index (χ1) is 15.3. The third-order valence-corrected chi connectivity index (χ3v) is 7.65. The molecule has 0 aliphatic carbocycles. The highest BCUT2D eigenvalue weighted by atomic mass is 35.5. The van der Waals surface area contributed by atoms with Crippen LogP contribution in [0.5, 0.6) is 0 Å². The summed E-state index contributed by atoms with van der Waals surface area (Å²) in [5.41, 5.74) is 1.05. The zero-order valence-corrected chi connectivity index (χ0v) is 19.5. The lowest BCUT2D eigenvalue weighted by Crippen LogP contribution is -2.50. The Morgan fingerprint density at radius 2 is 1.81 bits per heavy atom. The minimum atomic E-state index is -3.65. The zero-order chi connectivity index (χ0) is 23.1. The fraction of sp³-hybridized carbons (Fsp3) is 0.391. The molecule has 0 saturated carbocycles. The van der Waals surface area contributed by atoms with Crippen LogP contribution >= 0.6 is 11.6 Å². The van der Waals surface area contributed by atoms with Crippen molar-refractivity contribution in [3.8, 4) is 0 Å². The van der Waals surface area contributed by atoms with E-state index >= 15 is 0 Å². The van der Waals surface area contributed by atoms with Crippen LogP contribution in [0.1, 0.15) is 25.3 Å². The number of sulfonamides is 1. The number of hydrogen-bond donors (Lipinski definition) is 2. The van der Waals surface area contributed by atoms with Crippen molar-refractivity contribution in [3.05, 3.63) is 65.2 Å². The third kappa shape index (κ3) is 6.31. The van der Waals surface area contributed by atoms with Crippen molar-refractivity contribution in [2.24, 2.45) is 5.92 Å². The molecule has 9 heteroatoms. The Morgan fingerprint density at radius 1 is 1.12 bits per heavy atom. The van der Waals surface area contributed by atoms with Gasteiger partial charge in [-0.25, -0.2) is 8.42 Å². The summed E-state index contributed by atoms with van der Waals surface area (Å²) in [6, 6.07) is 14.9. The van der Waals surface area contributed by atoms with E-state index in [0.29, 0.717) is 37.4 Å². The number of piperidine rings is 1. The molecule has 2 aromatic carbocycles. The summed E-state index contributed by atoms with van der Waals surface area (Å²) in [6.07, 6.45) is 1.82. The molecular formula is C23H28ClN3O4S. The average molecular weight is 478 g/mol. The summed E-state index contributed by atoms with van der Waals surface area (Å²) in [5, 5.41) is 6.20. The van der Waals surface area contributed by atoms with E-state index in [1.807, 2.05) is 12.1 Å². The first-order valence-electron chi connectivity index (χ1n) is 10.6. The van der Waals surface area contributed by atoms with Crippen LogP contribution < -0.4 is 10.6 Å². The van der Waals surface area contributed by atoms with E-state index in [-0.39, 0.29) is 23.3 Å². The number of nitrogens with zero attached hydrogens (tertiary/aromatic N) is 1. The second kappa shape index (κ2) is 10.9. The van der Waals surface area contributed by atoms with E-state index in [1.165, 1.54) is 4.31 Å². The van der Waals surface area contributed by atoms with Gasteiger partial charge in [0.15, 0.2) is 0 Å². The Hall–Kier alpha value is -2.42. The first-order valence-corrected chi connectivity index (χ1v) is 12.5. The Labute approximate surface area is 194 Å². The maximum Gasteiger partial charge on any atom is 0.243 e. The van der Waals surface area contributed by atoms with Crippen molar-refractivity contribution in [2.45, 2.75) is 37.1 Å². The SMILES string of the molecule is CC(NC(=O)C1CCCN(S(=O)(=O)c2ccccc2)C1)C(=O)NCCc1ccc(Cl)cc1. The maximum absolute atomic E-state index is 12.9. The van der Waals surface area contributed by atoms with Crippen LogP contribution in [0.25, 0.3) is 0 Å².